The van der Waals surface area contributed by atoms with Crippen molar-refractivity contribution in [3.8, 4) is 5.75 Å². The van der Waals surface area contributed by atoms with Crippen molar-refractivity contribution in [2.24, 2.45) is 0 Å². The van der Waals surface area contributed by atoms with Crippen LogP contribution in [0.5, 0.6) is 5.75 Å². The van der Waals surface area contributed by atoms with E-state index in [1.54, 1.807) is 43.6 Å². The average molecular weight is 324 g/mol. The molecule has 0 fully saturated rings. The van der Waals surface area contributed by atoms with E-state index in [1.165, 1.54) is 7.11 Å². The highest BCUT2D eigenvalue weighted by atomic mass is 16.5. The molecule has 6 heteroatoms. The number of anilines is 1. The largest absolute Gasteiger partial charge is 0.497 e. The van der Waals surface area contributed by atoms with E-state index in [4.69, 9.17) is 9.47 Å². The first-order valence-corrected chi connectivity index (χ1v) is 7.28. The first-order valence-electron chi connectivity index (χ1n) is 7.28. The molecule has 2 N–H and O–H groups in total. The van der Waals surface area contributed by atoms with Gasteiger partial charge in [0.05, 0.1) is 31.0 Å². The molecule has 1 heterocycles. The summed E-state index contributed by atoms with van der Waals surface area (Å²) in [7, 11) is 2.87. The summed E-state index contributed by atoms with van der Waals surface area (Å²) in [6.45, 7) is 0. The minimum atomic E-state index is -0.508. The fourth-order valence-corrected chi connectivity index (χ4v) is 2.48. The monoisotopic (exact) mass is 324 g/mol. The molecule has 0 saturated carbocycles. The molecule has 122 valence electrons. The molecule has 3 rings (SSSR count). The summed E-state index contributed by atoms with van der Waals surface area (Å²) in [5.41, 5.74) is 1.98. The van der Waals surface area contributed by atoms with Crippen LogP contribution in [-0.4, -0.2) is 31.1 Å². The number of hydrogen-bond acceptors (Lipinski definition) is 4. The van der Waals surface area contributed by atoms with Crippen molar-refractivity contribution in [3.63, 3.8) is 0 Å². The number of fused-ring (bicyclic) bond motifs is 1. The Morgan fingerprint density at radius 1 is 1.04 bits per heavy atom. The molecule has 0 unspecified atom stereocenters. The van der Waals surface area contributed by atoms with Crippen LogP contribution in [-0.2, 0) is 4.74 Å². The fraction of sp³-hybridized carbons (Fsp3) is 0.111. The van der Waals surface area contributed by atoms with Crippen LogP contribution in [0.1, 0.15) is 20.7 Å². The Hall–Kier alpha value is -3.28. The Morgan fingerprint density at radius 3 is 2.58 bits per heavy atom. The van der Waals surface area contributed by atoms with E-state index in [0.29, 0.717) is 22.6 Å². The number of carbonyl (C=O) groups is 2. The molecule has 0 aliphatic carbocycles. The van der Waals surface area contributed by atoms with E-state index in [2.05, 4.69) is 10.3 Å². The Balaban J connectivity index is 1.95. The van der Waals surface area contributed by atoms with E-state index < -0.39 is 5.97 Å². The van der Waals surface area contributed by atoms with Gasteiger partial charge in [0.15, 0.2) is 0 Å². The highest BCUT2D eigenvalue weighted by molar-refractivity contribution is 6.14. The maximum Gasteiger partial charge on any atom is 0.339 e. The first kappa shape index (κ1) is 15.6. The average Bonchev–Trinajstić information content (AvgIpc) is 3.04. The molecule has 1 amide bonds. The van der Waals surface area contributed by atoms with Gasteiger partial charge in [0, 0.05) is 17.1 Å². The zero-order valence-electron chi connectivity index (χ0n) is 13.3. The van der Waals surface area contributed by atoms with E-state index >= 15 is 0 Å². The molecule has 0 saturated heterocycles. The summed E-state index contributed by atoms with van der Waals surface area (Å²) in [4.78, 5) is 27.5. The summed E-state index contributed by atoms with van der Waals surface area (Å²) >= 11 is 0. The summed E-state index contributed by atoms with van der Waals surface area (Å²) in [6.07, 6.45) is 1.63. The molecular formula is C18H16N2O4. The molecule has 2 aromatic carbocycles. The number of aromatic nitrogens is 1. The molecule has 6 nitrogen and oxygen atoms in total. The summed E-state index contributed by atoms with van der Waals surface area (Å²) in [6, 6.07) is 12.1. The smallest absolute Gasteiger partial charge is 0.339 e. The number of para-hydroxylation sites is 1. The lowest BCUT2D eigenvalue weighted by molar-refractivity contribution is 0.0602. The van der Waals surface area contributed by atoms with Gasteiger partial charge >= 0.3 is 5.97 Å². The molecule has 0 spiro atoms. The van der Waals surface area contributed by atoms with Gasteiger partial charge in [-0.05, 0) is 30.3 Å². The second-order valence-electron chi connectivity index (χ2n) is 5.11. The highest BCUT2D eigenvalue weighted by Crippen LogP contribution is 2.25. The molecule has 0 aliphatic heterocycles. The Morgan fingerprint density at radius 2 is 1.83 bits per heavy atom. The molecular weight excluding hydrogens is 308 g/mol. The lowest BCUT2D eigenvalue weighted by Gasteiger charge is -2.09. The molecule has 0 aliphatic rings. The number of aromatic amines is 1. The van der Waals surface area contributed by atoms with E-state index in [1.807, 2.05) is 12.1 Å². The third-order valence-corrected chi connectivity index (χ3v) is 3.71. The summed E-state index contributed by atoms with van der Waals surface area (Å²) < 4.78 is 9.94. The van der Waals surface area contributed by atoms with E-state index in [0.717, 1.165) is 10.9 Å². The number of rotatable bonds is 4. The number of esters is 1. The van der Waals surface area contributed by atoms with Gasteiger partial charge in [-0.25, -0.2) is 4.79 Å². The van der Waals surface area contributed by atoms with Crippen LogP contribution in [0.15, 0.2) is 48.7 Å². The maximum absolute atomic E-state index is 12.6. The van der Waals surface area contributed by atoms with Gasteiger partial charge in [-0.15, -0.1) is 0 Å². The van der Waals surface area contributed by atoms with Crippen LogP contribution in [0, 0.1) is 0 Å². The van der Waals surface area contributed by atoms with Gasteiger partial charge in [-0.3, -0.25) is 4.79 Å². The van der Waals surface area contributed by atoms with Crippen LogP contribution in [0.25, 0.3) is 10.9 Å². The van der Waals surface area contributed by atoms with Crippen LogP contribution in [0.4, 0.5) is 5.69 Å². The van der Waals surface area contributed by atoms with E-state index in [-0.39, 0.29) is 5.91 Å². The normalized spacial score (nSPS) is 10.4. The lowest BCUT2D eigenvalue weighted by Crippen LogP contribution is -2.15. The quantitative estimate of drug-likeness (QED) is 0.722. The molecule has 0 radical (unpaired) electrons. The van der Waals surface area contributed by atoms with Gasteiger partial charge in [0.25, 0.3) is 5.91 Å². The number of H-pyrrole nitrogens is 1. The minimum absolute atomic E-state index is 0.297. The summed E-state index contributed by atoms with van der Waals surface area (Å²) in [5, 5.41) is 3.50. The van der Waals surface area contributed by atoms with Crippen molar-refractivity contribution in [1.82, 2.24) is 4.98 Å². The Labute approximate surface area is 138 Å². The highest BCUT2D eigenvalue weighted by Gasteiger charge is 2.17. The maximum atomic E-state index is 12.6. The third kappa shape index (κ3) is 2.81. The first-order chi connectivity index (χ1) is 11.6. The zero-order valence-corrected chi connectivity index (χ0v) is 13.3. The zero-order chi connectivity index (χ0) is 17.1. The van der Waals surface area contributed by atoms with Crippen LogP contribution < -0.4 is 10.1 Å². The number of methoxy groups -OCH3 is 2. The number of nitrogens with one attached hydrogen (secondary N) is 2. The Kier molecular flexibility index (Phi) is 4.20. The number of hydrogen-bond donors (Lipinski definition) is 2. The fourth-order valence-electron chi connectivity index (χ4n) is 2.48. The summed E-state index contributed by atoms with van der Waals surface area (Å²) in [5.74, 6) is -0.177. The second kappa shape index (κ2) is 6.45. The minimum Gasteiger partial charge on any atom is -0.497 e. The number of amides is 1. The molecule has 3 aromatic rings. The van der Waals surface area contributed by atoms with Crippen molar-refractivity contribution in [3.05, 3.63) is 59.8 Å². The van der Waals surface area contributed by atoms with E-state index in [9.17, 15) is 9.59 Å². The molecule has 0 atom stereocenters. The predicted octanol–water partition coefficient (Wildman–Crippen LogP) is 3.22. The topological polar surface area (TPSA) is 80.4 Å². The number of benzene rings is 2. The van der Waals surface area contributed by atoms with Crippen LogP contribution >= 0.6 is 0 Å². The SMILES string of the molecule is COC(=O)c1ccccc1NC(=O)c1c[nH]c2ccc(OC)cc12. The van der Waals surface area contributed by atoms with Gasteiger partial charge in [0.2, 0.25) is 0 Å². The predicted molar refractivity (Wildman–Crippen MR) is 90.6 cm³/mol. The molecule has 24 heavy (non-hydrogen) atoms. The van der Waals surface area contributed by atoms with Gasteiger partial charge in [0.1, 0.15) is 5.75 Å². The molecule has 0 bridgehead atoms. The van der Waals surface area contributed by atoms with Crippen molar-refractivity contribution >= 4 is 28.5 Å². The van der Waals surface area contributed by atoms with Crippen molar-refractivity contribution in [1.29, 1.82) is 0 Å². The van der Waals surface area contributed by atoms with Gasteiger partial charge in [-0.2, -0.15) is 0 Å². The molecule has 1 aromatic heterocycles. The van der Waals surface area contributed by atoms with Crippen LogP contribution in [0.3, 0.4) is 0 Å². The van der Waals surface area contributed by atoms with Crippen molar-refractivity contribution in [2.45, 2.75) is 0 Å². The standard InChI is InChI=1S/C18H16N2O4/c1-23-11-7-8-15-13(9-11)14(10-19-15)17(21)20-16-6-4-3-5-12(16)18(22)24-2/h3-10,19H,1-2H3,(H,20,21). The van der Waals surface area contributed by atoms with Crippen molar-refractivity contribution < 1.29 is 19.1 Å². The number of ether oxygens (including phenoxy) is 2. The second-order valence-corrected chi connectivity index (χ2v) is 5.11. The Bertz CT molecular complexity index is 914. The third-order valence-electron chi connectivity index (χ3n) is 3.71. The van der Waals surface area contributed by atoms with Crippen LogP contribution in [0.2, 0.25) is 0 Å². The van der Waals surface area contributed by atoms with Crippen molar-refractivity contribution in [2.75, 3.05) is 19.5 Å². The van der Waals surface area contributed by atoms with Gasteiger partial charge < -0.3 is 19.8 Å². The van der Waals surface area contributed by atoms with Gasteiger partial charge in [-0.1, -0.05) is 12.1 Å². The lowest BCUT2D eigenvalue weighted by atomic mass is 10.1. The number of carbonyl (C=O) groups excluding carboxylic acids is 2.